The van der Waals surface area contributed by atoms with Crippen molar-refractivity contribution in [3.8, 4) is 0 Å². The number of carbonyl (C=O) groups excluding carboxylic acids is 3. The number of alkyl carbamates (subject to hydrolysis) is 1. The molecule has 0 aromatic heterocycles. The number of benzene rings is 1. The third-order valence-electron chi connectivity index (χ3n) is 7.07. The second-order valence-electron chi connectivity index (χ2n) is 9.63. The maximum absolute atomic E-state index is 13.3. The van der Waals surface area contributed by atoms with E-state index in [2.05, 4.69) is 22.5 Å². The van der Waals surface area contributed by atoms with Crippen LogP contribution in [0.3, 0.4) is 0 Å². The largest absolute Gasteiger partial charge is 0.445 e. The van der Waals surface area contributed by atoms with Crippen molar-refractivity contribution >= 4 is 64.5 Å². The summed E-state index contributed by atoms with van der Waals surface area (Å²) in [6, 6.07) is 7.01. The number of ether oxygens (including phenoxy) is 1. The molecule has 15 heteroatoms. The highest BCUT2D eigenvalue weighted by atomic mass is 35.6. The summed E-state index contributed by atoms with van der Waals surface area (Å²) >= 11 is 17.1. The molecule has 0 radical (unpaired) electrons. The molecule has 3 saturated heterocycles. The minimum absolute atomic E-state index is 0.0759. The number of guanidine groups is 1. The van der Waals surface area contributed by atoms with Crippen LogP contribution in [0, 0.1) is 5.92 Å². The SMILES string of the molecule is C=C1N[C@H]2[C@H](CN3C(=O)CN(c4ccccc4)C3=O)N=C(NC(=O)OCC(Cl)(Cl)Cl)N3C[C@H](C)[C@H](O)[C@]23N1. The number of carbonyl (C=O) groups is 3. The molecule has 4 N–H and O–H groups in total. The number of alkyl halides is 3. The van der Waals surface area contributed by atoms with E-state index in [1.807, 2.05) is 13.0 Å². The van der Waals surface area contributed by atoms with Crippen molar-refractivity contribution in [3.05, 3.63) is 42.7 Å². The number of aliphatic hydroxyl groups excluding tert-OH is 1. The van der Waals surface area contributed by atoms with Crippen LogP contribution in [0.15, 0.2) is 47.7 Å². The van der Waals surface area contributed by atoms with Crippen LogP contribution >= 0.6 is 34.8 Å². The van der Waals surface area contributed by atoms with Gasteiger partial charge in [0.2, 0.25) is 9.75 Å². The van der Waals surface area contributed by atoms with E-state index in [0.717, 1.165) is 4.90 Å². The molecule has 4 aliphatic heterocycles. The zero-order valence-corrected chi connectivity index (χ0v) is 22.5. The van der Waals surface area contributed by atoms with Gasteiger partial charge >= 0.3 is 12.1 Å². The number of urea groups is 1. The van der Waals surface area contributed by atoms with Crippen molar-refractivity contribution in [2.45, 2.75) is 34.6 Å². The third-order valence-corrected chi connectivity index (χ3v) is 7.39. The Morgan fingerprint density at radius 1 is 1.32 bits per heavy atom. The number of hydrogen-bond acceptors (Lipinski definition) is 9. The Labute approximate surface area is 233 Å². The number of nitrogens with one attached hydrogen (secondary N) is 3. The van der Waals surface area contributed by atoms with Crippen LogP contribution in [0.4, 0.5) is 15.3 Å². The van der Waals surface area contributed by atoms with E-state index in [0.29, 0.717) is 18.1 Å². The van der Waals surface area contributed by atoms with Crippen molar-refractivity contribution in [1.82, 2.24) is 25.8 Å². The number of aliphatic imine (C=N–C) groups is 1. The highest BCUT2D eigenvalue weighted by molar-refractivity contribution is 6.67. The number of aliphatic hydroxyl groups is 1. The van der Waals surface area contributed by atoms with Crippen molar-refractivity contribution in [3.63, 3.8) is 0 Å². The van der Waals surface area contributed by atoms with Crippen LogP contribution in [0.2, 0.25) is 0 Å². The van der Waals surface area contributed by atoms with E-state index in [4.69, 9.17) is 44.5 Å². The van der Waals surface area contributed by atoms with E-state index in [1.54, 1.807) is 29.2 Å². The molecular formula is C23H26Cl3N7O5. The average molecular weight is 587 g/mol. The van der Waals surface area contributed by atoms with Crippen LogP contribution < -0.4 is 20.9 Å². The molecule has 4 heterocycles. The molecule has 0 unspecified atom stereocenters. The summed E-state index contributed by atoms with van der Waals surface area (Å²) in [5.41, 5.74) is -0.567. The Morgan fingerprint density at radius 2 is 2.03 bits per heavy atom. The number of para-hydroxylation sites is 1. The molecule has 1 aromatic rings. The highest BCUT2D eigenvalue weighted by Crippen LogP contribution is 2.42. The van der Waals surface area contributed by atoms with Gasteiger partial charge in [0, 0.05) is 18.2 Å². The first-order chi connectivity index (χ1) is 17.9. The fraction of sp³-hybridized carbons (Fsp3) is 0.478. The lowest BCUT2D eigenvalue weighted by Gasteiger charge is -2.47. The van der Waals surface area contributed by atoms with Gasteiger partial charge in [-0.25, -0.2) is 14.6 Å². The smallest absolute Gasteiger partial charge is 0.414 e. The lowest BCUT2D eigenvalue weighted by Crippen LogP contribution is -2.73. The number of amides is 4. The molecule has 5 rings (SSSR count). The number of nitrogens with zero attached hydrogens (tertiary/aromatic N) is 4. The lowest BCUT2D eigenvalue weighted by molar-refractivity contribution is -0.125. The summed E-state index contributed by atoms with van der Waals surface area (Å²) < 4.78 is 3.20. The summed E-state index contributed by atoms with van der Waals surface area (Å²) in [6.45, 7) is 5.42. The van der Waals surface area contributed by atoms with E-state index < -0.39 is 52.3 Å². The molecule has 1 spiro atoms. The molecular weight excluding hydrogens is 561 g/mol. The maximum atomic E-state index is 13.3. The van der Waals surface area contributed by atoms with Crippen LogP contribution in [0.1, 0.15) is 6.92 Å². The van der Waals surface area contributed by atoms with Crippen molar-refractivity contribution in [1.29, 1.82) is 0 Å². The number of hydrogen-bond donors (Lipinski definition) is 4. The summed E-state index contributed by atoms with van der Waals surface area (Å²) in [6.07, 6.45) is -1.85. The maximum Gasteiger partial charge on any atom is 0.414 e. The van der Waals surface area contributed by atoms with Gasteiger partial charge in [-0.3, -0.25) is 19.9 Å². The number of imide groups is 1. The summed E-state index contributed by atoms with van der Waals surface area (Å²) in [4.78, 5) is 47.7. The zero-order chi connectivity index (χ0) is 27.4. The highest BCUT2D eigenvalue weighted by Gasteiger charge is 2.65. The summed E-state index contributed by atoms with van der Waals surface area (Å²) in [5.74, 6) is -0.123. The van der Waals surface area contributed by atoms with Gasteiger partial charge < -0.3 is 25.4 Å². The van der Waals surface area contributed by atoms with Crippen LogP contribution in [-0.4, -0.2) is 92.8 Å². The first-order valence-corrected chi connectivity index (χ1v) is 13.0. The normalized spacial score (nSPS) is 30.5. The molecule has 12 nitrogen and oxygen atoms in total. The van der Waals surface area contributed by atoms with Gasteiger partial charge in [-0.1, -0.05) is 66.5 Å². The number of rotatable bonds is 4. The minimum atomic E-state index is -1.81. The topological polar surface area (TPSA) is 139 Å². The summed E-state index contributed by atoms with van der Waals surface area (Å²) in [7, 11) is 0. The molecule has 38 heavy (non-hydrogen) atoms. The molecule has 0 aliphatic carbocycles. The Balaban J connectivity index is 1.45. The minimum Gasteiger partial charge on any atom is -0.445 e. The first-order valence-electron chi connectivity index (χ1n) is 11.9. The second kappa shape index (κ2) is 9.67. The zero-order valence-electron chi connectivity index (χ0n) is 20.2. The predicted octanol–water partition coefficient (Wildman–Crippen LogP) is 1.33. The Kier molecular flexibility index (Phi) is 6.79. The van der Waals surface area contributed by atoms with Crippen LogP contribution in [-0.2, 0) is 9.53 Å². The van der Waals surface area contributed by atoms with Gasteiger partial charge in [0.05, 0.1) is 24.4 Å². The molecule has 4 aliphatic rings. The number of anilines is 1. The van der Waals surface area contributed by atoms with Gasteiger partial charge in [0.25, 0.3) is 5.91 Å². The molecule has 1 aromatic carbocycles. The van der Waals surface area contributed by atoms with Gasteiger partial charge in [0.1, 0.15) is 19.3 Å². The molecule has 0 saturated carbocycles. The van der Waals surface area contributed by atoms with Gasteiger partial charge in [0.15, 0.2) is 5.66 Å². The van der Waals surface area contributed by atoms with Gasteiger partial charge in [-0.15, -0.1) is 0 Å². The van der Waals surface area contributed by atoms with E-state index in [1.165, 1.54) is 4.90 Å². The van der Waals surface area contributed by atoms with Crippen LogP contribution in [0.25, 0.3) is 0 Å². The first kappa shape index (κ1) is 26.7. The fourth-order valence-electron chi connectivity index (χ4n) is 5.47. The van der Waals surface area contributed by atoms with Crippen molar-refractivity contribution < 1.29 is 24.2 Å². The third kappa shape index (κ3) is 4.59. The predicted molar refractivity (Wildman–Crippen MR) is 141 cm³/mol. The van der Waals surface area contributed by atoms with Crippen molar-refractivity contribution in [2.75, 3.05) is 31.1 Å². The van der Waals surface area contributed by atoms with Crippen molar-refractivity contribution in [2.24, 2.45) is 10.9 Å². The second-order valence-corrected chi connectivity index (χ2v) is 12.1. The molecule has 5 atom stereocenters. The molecule has 204 valence electrons. The summed E-state index contributed by atoms with van der Waals surface area (Å²) in [5, 5.41) is 20.3. The Morgan fingerprint density at radius 3 is 2.71 bits per heavy atom. The Hall–Kier alpha value is -2.93. The van der Waals surface area contributed by atoms with E-state index in [-0.39, 0.29) is 25.0 Å². The quantitative estimate of drug-likeness (QED) is 0.306. The average Bonchev–Trinajstić information content (AvgIpc) is 3.45. The standard InChI is InChI=1S/C23H26Cl3N7O5/c1-12-8-33-19(29-20(36)38-11-22(24,25)26)28-15(17-23(33,18(12)35)30-13(2)27-17)9-32-16(34)10-31(21(32)37)14-6-4-3-5-7-14/h3-7,12,15,17-18,27,30,35H,2,8-11H2,1H3,(H,28,29,36)/t12-,15-,17-,18-,23-/m0/s1. The fourth-order valence-corrected chi connectivity index (χ4v) is 5.63. The van der Waals surface area contributed by atoms with Crippen LogP contribution in [0.5, 0.6) is 0 Å². The van der Waals surface area contributed by atoms with E-state index >= 15 is 0 Å². The lowest BCUT2D eigenvalue weighted by atomic mass is 9.86. The monoisotopic (exact) mass is 585 g/mol. The van der Waals surface area contributed by atoms with E-state index in [9.17, 15) is 19.5 Å². The molecule has 4 amide bonds. The Bertz CT molecular complexity index is 1200. The number of halogens is 3. The molecule has 0 bridgehead atoms. The van der Waals surface area contributed by atoms with Gasteiger partial charge in [-0.2, -0.15) is 0 Å². The molecule has 3 fully saturated rings. The van der Waals surface area contributed by atoms with Gasteiger partial charge in [-0.05, 0) is 12.1 Å².